The smallest absolute Gasteiger partial charge is 0.196 e. The quantitative estimate of drug-likeness (QED) is 0.442. The van der Waals surface area contributed by atoms with Gasteiger partial charge in [-0.05, 0) is 73.9 Å². The number of hydrogen-bond acceptors (Lipinski definition) is 6. The van der Waals surface area contributed by atoms with Crippen LogP contribution in [-0.2, 0) is 0 Å². The Morgan fingerprint density at radius 1 is 1.00 bits per heavy atom. The van der Waals surface area contributed by atoms with Crippen molar-refractivity contribution in [1.29, 1.82) is 0 Å². The summed E-state index contributed by atoms with van der Waals surface area (Å²) in [5, 5.41) is 10.3. The van der Waals surface area contributed by atoms with E-state index in [1.807, 2.05) is 35.7 Å². The third-order valence-electron chi connectivity index (χ3n) is 4.81. The number of nitrogens with zero attached hydrogens (tertiary/aromatic N) is 2. The van der Waals surface area contributed by atoms with Crippen LogP contribution in [0.1, 0.15) is 16.7 Å². The number of aromatic nitrogens is 2. The van der Waals surface area contributed by atoms with Gasteiger partial charge in [0.1, 0.15) is 17.3 Å². The maximum Gasteiger partial charge on any atom is 0.196 e. The summed E-state index contributed by atoms with van der Waals surface area (Å²) < 4.78 is 10.7. The molecule has 0 aliphatic rings. The van der Waals surface area contributed by atoms with Crippen LogP contribution < -0.4 is 10.1 Å². The number of ether oxygens (including phenoxy) is 1. The summed E-state index contributed by atoms with van der Waals surface area (Å²) >= 11 is 1.52. The lowest BCUT2D eigenvalue weighted by molar-refractivity contribution is 0.415. The Bertz CT molecular complexity index is 1090. The Morgan fingerprint density at radius 3 is 2.39 bits per heavy atom. The lowest BCUT2D eigenvalue weighted by atomic mass is 10.0. The Kier molecular flexibility index (Phi) is 4.88. The molecule has 1 N–H and O–H groups in total. The fourth-order valence-electron chi connectivity index (χ4n) is 2.97. The molecule has 0 saturated carbocycles. The van der Waals surface area contributed by atoms with Gasteiger partial charge in [-0.2, -0.15) is 0 Å². The molecule has 6 heteroatoms. The maximum atomic E-state index is 5.52. The third kappa shape index (κ3) is 3.64. The summed E-state index contributed by atoms with van der Waals surface area (Å²) in [7, 11) is 1.65. The van der Waals surface area contributed by atoms with Crippen LogP contribution in [0.25, 0.3) is 22.0 Å². The third-order valence-corrected chi connectivity index (χ3v) is 5.67. The first-order chi connectivity index (χ1) is 13.5. The molecular formula is C22H21N3O2S. The van der Waals surface area contributed by atoms with Crippen molar-refractivity contribution >= 4 is 22.8 Å². The van der Waals surface area contributed by atoms with E-state index in [0.29, 0.717) is 5.76 Å². The average molecular weight is 391 g/mol. The van der Waals surface area contributed by atoms with E-state index >= 15 is 0 Å². The van der Waals surface area contributed by atoms with Gasteiger partial charge in [-0.1, -0.05) is 5.16 Å². The second-order valence-electron chi connectivity index (χ2n) is 6.70. The van der Waals surface area contributed by atoms with E-state index in [4.69, 9.17) is 9.26 Å². The number of hydrogen-bond donors (Lipinski definition) is 1. The van der Waals surface area contributed by atoms with E-state index in [9.17, 15) is 0 Å². The Hall–Kier alpha value is -3.12. The second kappa shape index (κ2) is 7.48. The van der Waals surface area contributed by atoms with Gasteiger partial charge < -0.3 is 14.6 Å². The highest BCUT2D eigenvalue weighted by Gasteiger charge is 2.13. The number of thiazole rings is 1. The van der Waals surface area contributed by atoms with E-state index < -0.39 is 0 Å². The van der Waals surface area contributed by atoms with Gasteiger partial charge in [-0.15, -0.1) is 11.3 Å². The molecule has 0 amide bonds. The standard InChI is InChI=1S/C22H21N3O2S/c1-13-9-17(10-14(2)15(13)3)23-21-12-28-22(24-21)20-11-19(25-27-20)16-5-7-18(26-4)8-6-16/h5-12,23H,1-4H3. The monoisotopic (exact) mass is 391 g/mol. The van der Waals surface area contributed by atoms with Crippen LogP contribution in [-0.4, -0.2) is 17.3 Å². The highest BCUT2D eigenvalue weighted by atomic mass is 32.1. The molecule has 0 saturated heterocycles. The Labute approximate surface area is 168 Å². The van der Waals surface area contributed by atoms with Gasteiger partial charge in [-0.3, -0.25) is 0 Å². The number of methoxy groups -OCH3 is 1. The van der Waals surface area contributed by atoms with Crippen LogP contribution in [0, 0.1) is 20.8 Å². The zero-order valence-corrected chi connectivity index (χ0v) is 17.1. The molecule has 0 aliphatic carbocycles. The molecule has 0 atom stereocenters. The van der Waals surface area contributed by atoms with Gasteiger partial charge in [0.15, 0.2) is 10.8 Å². The van der Waals surface area contributed by atoms with E-state index in [2.05, 4.69) is 48.4 Å². The van der Waals surface area contributed by atoms with E-state index in [-0.39, 0.29) is 0 Å². The van der Waals surface area contributed by atoms with Crippen molar-refractivity contribution in [3.05, 3.63) is 64.5 Å². The zero-order chi connectivity index (χ0) is 19.7. The van der Waals surface area contributed by atoms with Crippen LogP contribution in [0.5, 0.6) is 5.75 Å². The summed E-state index contributed by atoms with van der Waals surface area (Å²) in [6.45, 7) is 6.38. The SMILES string of the molecule is COc1ccc(-c2cc(-c3nc(Nc4cc(C)c(C)c(C)c4)cs3)on2)cc1. The molecule has 2 aromatic heterocycles. The van der Waals surface area contributed by atoms with E-state index in [1.165, 1.54) is 28.0 Å². The summed E-state index contributed by atoms with van der Waals surface area (Å²) in [5.74, 6) is 2.26. The summed E-state index contributed by atoms with van der Waals surface area (Å²) in [4.78, 5) is 4.65. The number of aryl methyl sites for hydroxylation is 2. The number of anilines is 2. The zero-order valence-electron chi connectivity index (χ0n) is 16.2. The number of nitrogens with one attached hydrogen (secondary N) is 1. The molecule has 0 spiro atoms. The van der Waals surface area contributed by atoms with Crippen LogP contribution in [0.4, 0.5) is 11.5 Å². The summed E-state index contributed by atoms with van der Waals surface area (Å²) in [6.07, 6.45) is 0. The van der Waals surface area contributed by atoms with Crippen molar-refractivity contribution in [2.24, 2.45) is 0 Å². The molecule has 28 heavy (non-hydrogen) atoms. The lowest BCUT2D eigenvalue weighted by Crippen LogP contribution is -1.94. The second-order valence-corrected chi connectivity index (χ2v) is 7.56. The molecule has 0 unspecified atom stereocenters. The first-order valence-corrected chi connectivity index (χ1v) is 9.83. The highest BCUT2D eigenvalue weighted by Crippen LogP contribution is 2.31. The van der Waals surface area contributed by atoms with Crippen LogP contribution in [0.2, 0.25) is 0 Å². The van der Waals surface area contributed by atoms with Gasteiger partial charge in [0.05, 0.1) is 7.11 Å². The van der Waals surface area contributed by atoms with Crippen molar-refractivity contribution in [1.82, 2.24) is 10.1 Å². The van der Waals surface area contributed by atoms with E-state index in [1.54, 1.807) is 7.11 Å². The van der Waals surface area contributed by atoms with Crippen molar-refractivity contribution < 1.29 is 9.26 Å². The van der Waals surface area contributed by atoms with Crippen LogP contribution in [0.3, 0.4) is 0 Å². The van der Waals surface area contributed by atoms with Crippen LogP contribution in [0.15, 0.2) is 52.4 Å². The first-order valence-electron chi connectivity index (χ1n) is 8.95. The molecule has 0 aliphatic heterocycles. The van der Waals surface area contributed by atoms with Gasteiger partial charge >= 0.3 is 0 Å². The van der Waals surface area contributed by atoms with Gasteiger partial charge in [0.25, 0.3) is 0 Å². The molecule has 4 aromatic rings. The fourth-order valence-corrected chi connectivity index (χ4v) is 3.67. The van der Waals surface area contributed by atoms with Gasteiger partial charge in [0.2, 0.25) is 0 Å². The highest BCUT2D eigenvalue weighted by molar-refractivity contribution is 7.13. The molecule has 2 aromatic carbocycles. The molecule has 142 valence electrons. The minimum atomic E-state index is 0.653. The fraction of sp³-hybridized carbons (Fsp3) is 0.182. The average Bonchev–Trinajstić information content (AvgIpc) is 3.35. The summed E-state index contributed by atoms with van der Waals surface area (Å²) in [6, 6.07) is 13.9. The molecule has 5 nitrogen and oxygen atoms in total. The number of benzene rings is 2. The summed E-state index contributed by atoms with van der Waals surface area (Å²) in [5.41, 5.74) is 6.62. The van der Waals surface area contributed by atoms with Gasteiger partial charge in [-0.25, -0.2) is 4.98 Å². The minimum absolute atomic E-state index is 0.653. The molecule has 0 bridgehead atoms. The van der Waals surface area contributed by atoms with Crippen LogP contribution >= 0.6 is 11.3 Å². The topological polar surface area (TPSA) is 60.2 Å². The maximum absolute atomic E-state index is 5.52. The van der Waals surface area contributed by atoms with E-state index in [0.717, 1.165) is 33.5 Å². The molecule has 0 fully saturated rings. The lowest BCUT2D eigenvalue weighted by Gasteiger charge is -2.09. The Morgan fingerprint density at radius 2 is 1.71 bits per heavy atom. The number of rotatable bonds is 5. The minimum Gasteiger partial charge on any atom is -0.497 e. The predicted molar refractivity (Wildman–Crippen MR) is 114 cm³/mol. The predicted octanol–water partition coefficient (Wildman–Crippen LogP) is 6.14. The largest absolute Gasteiger partial charge is 0.497 e. The van der Waals surface area contributed by atoms with Gasteiger partial charge in [0, 0.05) is 22.7 Å². The van der Waals surface area contributed by atoms with Crippen molar-refractivity contribution in [2.45, 2.75) is 20.8 Å². The van der Waals surface area contributed by atoms with Crippen molar-refractivity contribution in [3.63, 3.8) is 0 Å². The normalized spacial score (nSPS) is 10.9. The molecule has 0 radical (unpaired) electrons. The van der Waals surface area contributed by atoms with Crippen molar-refractivity contribution in [3.8, 4) is 27.8 Å². The first kappa shape index (κ1) is 18.3. The molecule has 4 rings (SSSR count). The van der Waals surface area contributed by atoms with Crippen molar-refractivity contribution in [2.75, 3.05) is 12.4 Å². The molecule has 2 heterocycles. The Balaban J connectivity index is 1.54. The molecular weight excluding hydrogens is 370 g/mol.